The van der Waals surface area contributed by atoms with E-state index in [1.54, 1.807) is 29.3 Å². The van der Waals surface area contributed by atoms with E-state index >= 15 is 0 Å². The molecule has 2 aromatic carbocycles. The molecular formula is C30H29ClFN5O2. The van der Waals surface area contributed by atoms with Gasteiger partial charge >= 0.3 is 0 Å². The van der Waals surface area contributed by atoms with Crippen LogP contribution in [-0.4, -0.2) is 65.9 Å². The zero-order valence-corrected chi connectivity index (χ0v) is 22.3. The summed E-state index contributed by atoms with van der Waals surface area (Å²) in [6, 6.07) is 14.4. The van der Waals surface area contributed by atoms with Gasteiger partial charge in [-0.05, 0) is 61.6 Å². The minimum absolute atomic E-state index is 0.158. The number of anilines is 1. The maximum absolute atomic E-state index is 14.5. The van der Waals surface area contributed by atoms with Gasteiger partial charge in [0.2, 0.25) is 5.91 Å². The maximum Gasteiger partial charge on any atom is 0.257 e. The molecule has 6 rings (SSSR count). The Kier molecular flexibility index (Phi) is 6.64. The number of piperazine rings is 1. The number of benzene rings is 2. The minimum Gasteiger partial charge on any atom is -0.370 e. The minimum atomic E-state index is -0.663. The Morgan fingerprint density at radius 3 is 2.28 bits per heavy atom. The summed E-state index contributed by atoms with van der Waals surface area (Å²) in [6.45, 7) is 2.98. The molecule has 0 radical (unpaired) electrons. The van der Waals surface area contributed by atoms with Crippen molar-refractivity contribution in [3.63, 3.8) is 0 Å². The molecule has 9 heteroatoms. The summed E-state index contributed by atoms with van der Waals surface area (Å²) in [7, 11) is 0. The molecule has 1 aromatic heterocycles. The van der Waals surface area contributed by atoms with Crippen molar-refractivity contribution in [1.29, 1.82) is 5.26 Å². The Morgan fingerprint density at radius 1 is 0.974 bits per heavy atom. The highest BCUT2D eigenvalue weighted by Gasteiger charge is 2.39. The molecule has 2 amide bonds. The fourth-order valence-corrected chi connectivity index (χ4v) is 6.01. The monoisotopic (exact) mass is 545 g/mol. The fourth-order valence-electron chi connectivity index (χ4n) is 5.88. The van der Waals surface area contributed by atoms with E-state index in [9.17, 15) is 19.2 Å². The maximum atomic E-state index is 14.5. The van der Waals surface area contributed by atoms with Crippen molar-refractivity contribution in [3.05, 3.63) is 70.6 Å². The van der Waals surface area contributed by atoms with Crippen LogP contribution < -0.4 is 4.90 Å². The second-order valence-corrected chi connectivity index (χ2v) is 11.2. The number of rotatable bonds is 4. The number of hydrogen-bond acceptors (Lipinski definition) is 5. The molecule has 3 aliphatic rings. The molecule has 1 saturated carbocycles. The number of carbonyl (C=O) groups is 2. The van der Waals surface area contributed by atoms with Crippen LogP contribution in [0.4, 0.5) is 10.1 Å². The Balaban J connectivity index is 1.29. The van der Waals surface area contributed by atoms with Gasteiger partial charge < -0.3 is 14.7 Å². The van der Waals surface area contributed by atoms with Gasteiger partial charge in [-0.1, -0.05) is 23.7 Å². The summed E-state index contributed by atoms with van der Waals surface area (Å²) >= 11 is 6.08. The summed E-state index contributed by atoms with van der Waals surface area (Å²) in [6.07, 6.45) is 4.62. The Labute approximate surface area is 231 Å². The predicted octanol–water partition coefficient (Wildman–Crippen LogP) is 4.78. The lowest BCUT2D eigenvalue weighted by atomic mass is 9.74. The summed E-state index contributed by atoms with van der Waals surface area (Å²) in [5.74, 6) is -0.213. The van der Waals surface area contributed by atoms with E-state index in [2.05, 4.69) is 16.0 Å². The average molecular weight is 546 g/mol. The highest BCUT2D eigenvalue weighted by Crippen LogP contribution is 2.40. The molecule has 1 aliphatic carbocycles. The summed E-state index contributed by atoms with van der Waals surface area (Å²) in [4.78, 5) is 36.5. The Bertz CT molecular complexity index is 1470. The van der Waals surface area contributed by atoms with Gasteiger partial charge in [0.25, 0.3) is 5.91 Å². The third-order valence-electron chi connectivity index (χ3n) is 8.38. The lowest BCUT2D eigenvalue weighted by Crippen LogP contribution is -2.51. The Morgan fingerprint density at radius 2 is 1.64 bits per heavy atom. The first-order chi connectivity index (χ1) is 18.9. The smallest absolute Gasteiger partial charge is 0.257 e. The number of piperidine rings is 1. The van der Waals surface area contributed by atoms with Gasteiger partial charge in [-0.2, -0.15) is 5.26 Å². The van der Waals surface area contributed by atoms with Gasteiger partial charge in [-0.15, -0.1) is 0 Å². The molecule has 2 aliphatic heterocycles. The zero-order chi connectivity index (χ0) is 27.1. The number of aromatic nitrogens is 1. The van der Waals surface area contributed by atoms with E-state index < -0.39 is 11.2 Å². The van der Waals surface area contributed by atoms with E-state index in [1.807, 2.05) is 17.0 Å². The van der Waals surface area contributed by atoms with Crippen LogP contribution >= 0.6 is 11.6 Å². The van der Waals surface area contributed by atoms with Crippen LogP contribution in [0.25, 0.3) is 10.9 Å². The first kappa shape index (κ1) is 25.6. The second-order valence-electron chi connectivity index (χ2n) is 10.8. The van der Waals surface area contributed by atoms with Crippen molar-refractivity contribution >= 4 is 40.0 Å². The molecule has 0 unspecified atom stereocenters. The number of amides is 2. The standard InChI is InChI=1S/C30H29ClFN5O2/c31-22-5-3-21(4-6-22)30(19-33)9-11-35(12-10-30)27-24-17-23(32)7-8-26(24)34-18-25(27)29(39)37-15-13-36(14-16-37)28(38)20-1-2-20/h3-8,17-18,20H,1-2,9-16H2. The number of nitrogens with zero attached hydrogens (tertiary/aromatic N) is 5. The number of carbonyl (C=O) groups excluding carboxylic acids is 2. The number of pyridine rings is 1. The first-order valence-corrected chi connectivity index (χ1v) is 13.8. The van der Waals surface area contributed by atoms with Crippen LogP contribution in [0.2, 0.25) is 5.02 Å². The summed E-state index contributed by atoms with van der Waals surface area (Å²) < 4.78 is 14.5. The van der Waals surface area contributed by atoms with Crippen molar-refractivity contribution < 1.29 is 14.0 Å². The molecule has 0 atom stereocenters. The number of nitriles is 1. The van der Waals surface area contributed by atoms with Crippen LogP contribution in [0.1, 0.15) is 41.6 Å². The summed E-state index contributed by atoms with van der Waals surface area (Å²) in [5, 5.41) is 11.4. The normalized spacial score (nSPS) is 19.2. The van der Waals surface area contributed by atoms with Crippen molar-refractivity contribution in [3.8, 4) is 6.07 Å². The van der Waals surface area contributed by atoms with E-state index in [0.29, 0.717) is 79.3 Å². The van der Waals surface area contributed by atoms with Gasteiger partial charge in [0, 0.05) is 61.8 Å². The van der Waals surface area contributed by atoms with Crippen LogP contribution in [0, 0.1) is 23.1 Å². The molecule has 7 nitrogen and oxygen atoms in total. The lowest BCUT2D eigenvalue weighted by molar-refractivity contribution is -0.134. The fraction of sp³-hybridized carbons (Fsp3) is 0.400. The van der Waals surface area contributed by atoms with E-state index in [-0.39, 0.29) is 17.7 Å². The number of halogens is 2. The van der Waals surface area contributed by atoms with Gasteiger partial charge in [0.05, 0.1) is 28.3 Å². The molecule has 3 aromatic rings. The molecule has 39 heavy (non-hydrogen) atoms. The number of fused-ring (bicyclic) bond motifs is 1. The largest absolute Gasteiger partial charge is 0.370 e. The van der Waals surface area contributed by atoms with Gasteiger partial charge in [-0.3, -0.25) is 14.6 Å². The average Bonchev–Trinajstić information content (AvgIpc) is 3.82. The molecule has 3 fully saturated rings. The lowest BCUT2D eigenvalue weighted by Gasteiger charge is -2.40. The molecule has 0 N–H and O–H groups in total. The van der Waals surface area contributed by atoms with E-state index in [4.69, 9.17) is 11.6 Å². The molecule has 200 valence electrons. The van der Waals surface area contributed by atoms with Gasteiger partial charge in [0.15, 0.2) is 0 Å². The van der Waals surface area contributed by atoms with E-state index in [0.717, 1.165) is 18.4 Å². The topological polar surface area (TPSA) is 80.5 Å². The first-order valence-electron chi connectivity index (χ1n) is 13.5. The van der Waals surface area contributed by atoms with Gasteiger partial charge in [-0.25, -0.2) is 4.39 Å². The quantitative estimate of drug-likeness (QED) is 0.471. The predicted molar refractivity (Wildman–Crippen MR) is 147 cm³/mol. The van der Waals surface area contributed by atoms with Crippen LogP contribution in [-0.2, 0) is 10.2 Å². The van der Waals surface area contributed by atoms with Crippen molar-refractivity contribution in [2.45, 2.75) is 31.1 Å². The Hall–Kier alpha value is -3.70. The number of hydrogen-bond donors (Lipinski definition) is 0. The molecule has 2 saturated heterocycles. The van der Waals surface area contributed by atoms with Crippen LogP contribution in [0.5, 0.6) is 0 Å². The van der Waals surface area contributed by atoms with Crippen molar-refractivity contribution in [2.75, 3.05) is 44.2 Å². The molecule has 0 bridgehead atoms. The molecular weight excluding hydrogens is 517 g/mol. The SMILES string of the molecule is N#CC1(c2ccc(Cl)cc2)CCN(c2c(C(=O)N3CCN(C(=O)C4CC4)CC3)cnc3ccc(F)cc23)CC1. The van der Waals surface area contributed by atoms with Gasteiger partial charge in [0.1, 0.15) is 5.82 Å². The molecule has 0 spiro atoms. The highest BCUT2D eigenvalue weighted by atomic mass is 35.5. The van der Waals surface area contributed by atoms with Crippen molar-refractivity contribution in [2.24, 2.45) is 5.92 Å². The van der Waals surface area contributed by atoms with E-state index in [1.165, 1.54) is 12.1 Å². The molecule has 3 heterocycles. The highest BCUT2D eigenvalue weighted by molar-refractivity contribution is 6.30. The second kappa shape index (κ2) is 10.1. The van der Waals surface area contributed by atoms with Crippen molar-refractivity contribution in [1.82, 2.24) is 14.8 Å². The van der Waals surface area contributed by atoms with Crippen LogP contribution in [0.15, 0.2) is 48.7 Å². The third kappa shape index (κ3) is 4.80. The third-order valence-corrected chi connectivity index (χ3v) is 8.63. The summed E-state index contributed by atoms with van der Waals surface area (Å²) in [5.41, 5.74) is 1.95. The zero-order valence-electron chi connectivity index (χ0n) is 21.6. The van der Waals surface area contributed by atoms with Crippen LogP contribution in [0.3, 0.4) is 0 Å².